The number of likely N-dealkylation sites (tertiary alicyclic amines) is 1. The van der Waals surface area contributed by atoms with Crippen molar-refractivity contribution in [2.45, 2.75) is 38.3 Å². The van der Waals surface area contributed by atoms with Gasteiger partial charge in [-0.05, 0) is 61.6 Å². The van der Waals surface area contributed by atoms with Gasteiger partial charge in [0.1, 0.15) is 17.9 Å². The SMILES string of the molecule is CC(Oc1ccccc1C#N)C1CCCCN1C(=O)c1ccc(-c2ccccc2)cc1. The van der Waals surface area contributed by atoms with Gasteiger partial charge in [0.2, 0.25) is 0 Å². The third kappa shape index (κ3) is 4.62. The highest BCUT2D eigenvalue weighted by molar-refractivity contribution is 5.95. The maximum absolute atomic E-state index is 13.4. The largest absolute Gasteiger partial charge is 0.487 e. The number of carbonyl (C=O) groups is 1. The molecule has 2 unspecified atom stereocenters. The molecule has 1 aliphatic rings. The molecule has 4 nitrogen and oxygen atoms in total. The molecule has 3 aromatic carbocycles. The number of rotatable bonds is 5. The molecule has 0 aromatic heterocycles. The molecule has 1 fully saturated rings. The Morgan fingerprint density at radius 1 is 0.968 bits per heavy atom. The summed E-state index contributed by atoms with van der Waals surface area (Å²) in [6, 6.07) is 27.4. The minimum atomic E-state index is -0.206. The first-order chi connectivity index (χ1) is 15.2. The van der Waals surface area contributed by atoms with E-state index in [2.05, 4.69) is 18.2 Å². The van der Waals surface area contributed by atoms with Crippen molar-refractivity contribution in [2.75, 3.05) is 6.54 Å². The van der Waals surface area contributed by atoms with Crippen molar-refractivity contribution >= 4 is 5.91 Å². The maximum Gasteiger partial charge on any atom is 0.254 e. The first-order valence-electron chi connectivity index (χ1n) is 10.8. The number of hydrogen-bond acceptors (Lipinski definition) is 3. The van der Waals surface area contributed by atoms with E-state index in [4.69, 9.17) is 4.74 Å². The number of nitriles is 1. The Morgan fingerprint density at radius 2 is 1.65 bits per heavy atom. The average Bonchev–Trinajstić information content (AvgIpc) is 2.84. The molecule has 31 heavy (non-hydrogen) atoms. The number of amides is 1. The van der Waals surface area contributed by atoms with Gasteiger partial charge in [-0.2, -0.15) is 5.26 Å². The van der Waals surface area contributed by atoms with Crippen molar-refractivity contribution in [2.24, 2.45) is 0 Å². The zero-order chi connectivity index (χ0) is 21.6. The lowest BCUT2D eigenvalue weighted by molar-refractivity contribution is 0.0353. The molecule has 4 heteroatoms. The van der Waals surface area contributed by atoms with E-state index < -0.39 is 0 Å². The standard InChI is InChI=1S/C27H26N2O2/c1-20(31-26-13-6-5-11-24(26)19-28)25-12-7-8-18-29(25)27(30)23-16-14-22(15-17-23)21-9-3-2-4-10-21/h2-6,9-11,13-17,20,25H,7-8,12,18H2,1H3. The van der Waals surface area contributed by atoms with Gasteiger partial charge in [0.25, 0.3) is 5.91 Å². The first-order valence-corrected chi connectivity index (χ1v) is 10.8. The fourth-order valence-corrected chi connectivity index (χ4v) is 4.24. The molecule has 1 amide bonds. The van der Waals surface area contributed by atoms with Crippen LogP contribution in [0.5, 0.6) is 5.75 Å². The highest BCUT2D eigenvalue weighted by Crippen LogP contribution is 2.27. The van der Waals surface area contributed by atoms with Gasteiger partial charge in [-0.1, -0.05) is 54.6 Å². The molecule has 2 atom stereocenters. The predicted octanol–water partition coefficient (Wildman–Crippen LogP) is 5.69. The van der Waals surface area contributed by atoms with Gasteiger partial charge in [-0.25, -0.2) is 0 Å². The highest BCUT2D eigenvalue weighted by Gasteiger charge is 2.32. The third-order valence-electron chi connectivity index (χ3n) is 5.91. The topological polar surface area (TPSA) is 53.3 Å². The number of benzene rings is 3. The zero-order valence-electron chi connectivity index (χ0n) is 17.7. The Hall–Kier alpha value is -3.58. The van der Waals surface area contributed by atoms with Crippen molar-refractivity contribution < 1.29 is 9.53 Å². The first kappa shape index (κ1) is 20.7. The summed E-state index contributed by atoms with van der Waals surface area (Å²) in [6.45, 7) is 2.71. The van der Waals surface area contributed by atoms with Crippen LogP contribution in [0.2, 0.25) is 0 Å². The number of hydrogen-bond donors (Lipinski definition) is 0. The van der Waals surface area contributed by atoms with Gasteiger partial charge in [-0.15, -0.1) is 0 Å². The van der Waals surface area contributed by atoms with Crippen LogP contribution in [0.1, 0.15) is 42.1 Å². The van der Waals surface area contributed by atoms with Crippen LogP contribution in [-0.2, 0) is 0 Å². The highest BCUT2D eigenvalue weighted by atomic mass is 16.5. The third-order valence-corrected chi connectivity index (χ3v) is 5.91. The van der Waals surface area contributed by atoms with Crippen LogP contribution in [0.4, 0.5) is 0 Å². The van der Waals surface area contributed by atoms with Crippen LogP contribution in [0.15, 0.2) is 78.9 Å². The molecule has 0 bridgehead atoms. The lowest BCUT2D eigenvalue weighted by Gasteiger charge is -2.39. The number of nitrogens with zero attached hydrogens (tertiary/aromatic N) is 2. The number of ether oxygens (including phenoxy) is 1. The summed E-state index contributed by atoms with van der Waals surface area (Å²) in [7, 11) is 0. The summed E-state index contributed by atoms with van der Waals surface area (Å²) in [4.78, 5) is 15.3. The second-order valence-electron chi connectivity index (χ2n) is 7.94. The minimum absolute atomic E-state index is 0.0261. The van der Waals surface area contributed by atoms with Crippen LogP contribution in [0.25, 0.3) is 11.1 Å². The quantitative estimate of drug-likeness (QED) is 0.543. The van der Waals surface area contributed by atoms with Gasteiger partial charge < -0.3 is 9.64 Å². The van der Waals surface area contributed by atoms with E-state index in [0.29, 0.717) is 16.9 Å². The molecule has 4 rings (SSSR count). The van der Waals surface area contributed by atoms with E-state index in [1.165, 1.54) is 0 Å². The fourth-order valence-electron chi connectivity index (χ4n) is 4.24. The lowest BCUT2D eigenvalue weighted by Crippen LogP contribution is -2.50. The van der Waals surface area contributed by atoms with Crippen LogP contribution in [0.3, 0.4) is 0 Å². The van der Waals surface area contributed by atoms with Gasteiger partial charge in [0.05, 0.1) is 11.6 Å². The molecule has 0 aliphatic carbocycles. The van der Waals surface area contributed by atoms with Gasteiger partial charge in [0.15, 0.2) is 0 Å². The Morgan fingerprint density at radius 3 is 2.39 bits per heavy atom. The molecular weight excluding hydrogens is 384 g/mol. The van der Waals surface area contributed by atoms with Crippen molar-refractivity contribution in [3.63, 3.8) is 0 Å². The van der Waals surface area contributed by atoms with Crippen LogP contribution in [0, 0.1) is 11.3 Å². The van der Waals surface area contributed by atoms with E-state index in [1.807, 2.05) is 72.5 Å². The molecule has 3 aromatic rings. The van der Waals surface area contributed by atoms with Crippen molar-refractivity contribution in [3.05, 3.63) is 90.0 Å². The van der Waals surface area contributed by atoms with Gasteiger partial charge >= 0.3 is 0 Å². The summed E-state index contributed by atoms with van der Waals surface area (Å²) in [5.41, 5.74) is 3.43. The maximum atomic E-state index is 13.4. The molecule has 0 radical (unpaired) electrons. The van der Waals surface area contributed by atoms with E-state index in [-0.39, 0.29) is 18.1 Å². The summed E-state index contributed by atoms with van der Waals surface area (Å²) < 4.78 is 6.15. The molecule has 156 valence electrons. The van der Waals surface area contributed by atoms with Crippen LogP contribution in [-0.4, -0.2) is 29.5 Å². The minimum Gasteiger partial charge on any atom is -0.487 e. The molecule has 0 spiro atoms. The number of piperidine rings is 1. The van der Waals surface area contributed by atoms with Crippen molar-refractivity contribution in [1.29, 1.82) is 5.26 Å². The normalized spacial score (nSPS) is 16.9. The number of para-hydroxylation sites is 1. The second kappa shape index (κ2) is 9.49. The molecule has 0 N–H and O–H groups in total. The lowest BCUT2D eigenvalue weighted by atomic mass is 9.96. The fraction of sp³-hybridized carbons (Fsp3) is 0.259. The predicted molar refractivity (Wildman–Crippen MR) is 122 cm³/mol. The zero-order valence-corrected chi connectivity index (χ0v) is 17.7. The number of carbonyl (C=O) groups excluding carboxylic acids is 1. The molecule has 1 aliphatic heterocycles. The monoisotopic (exact) mass is 410 g/mol. The molecule has 1 heterocycles. The second-order valence-corrected chi connectivity index (χ2v) is 7.94. The Balaban J connectivity index is 1.51. The van der Waals surface area contributed by atoms with E-state index >= 15 is 0 Å². The molecular formula is C27H26N2O2. The van der Waals surface area contributed by atoms with E-state index in [9.17, 15) is 10.1 Å². The van der Waals surface area contributed by atoms with Crippen LogP contribution < -0.4 is 4.74 Å². The van der Waals surface area contributed by atoms with Gasteiger partial charge in [0, 0.05) is 12.1 Å². The average molecular weight is 411 g/mol. The Bertz CT molecular complexity index is 1070. The van der Waals surface area contributed by atoms with Crippen LogP contribution >= 0.6 is 0 Å². The van der Waals surface area contributed by atoms with E-state index in [1.54, 1.807) is 6.07 Å². The van der Waals surface area contributed by atoms with Crippen molar-refractivity contribution in [3.8, 4) is 22.9 Å². The summed E-state index contributed by atoms with van der Waals surface area (Å²) in [5.74, 6) is 0.607. The Kier molecular flexibility index (Phi) is 6.33. The molecule has 0 saturated carbocycles. The summed E-state index contributed by atoms with van der Waals surface area (Å²) in [6.07, 6.45) is 2.74. The smallest absolute Gasteiger partial charge is 0.254 e. The molecule has 1 saturated heterocycles. The summed E-state index contributed by atoms with van der Waals surface area (Å²) >= 11 is 0. The van der Waals surface area contributed by atoms with Gasteiger partial charge in [-0.3, -0.25) is 4.79 Å². The Labute approximate surface area is 183 Å². The van der Waals surface area contributed by atoms with Crippen molar-refractivity contribution in [1.82, 2.24) is 4.90 Å². The van der Waals surface area contributed by atoms with E-state index in [0.717, 1.165) is 36.9 Å². The summed E-state index contributed by atoms with van der Waals surface area (Å²) in [5, 5.41) is 9.34.